The van der Waals surface area contributed by atoms with Crippen molar-refractivity contribution in [3.8, 4) is 11.5 Å². The highest BCUT2D eigenvalue weighted by Gasteiger charge is 2.06. The Hall–Kier alpha value is -2.17. The van der Waals surface area contributed by atoms with Gasteiger partial charge in [0, 0.05) is 25.3 Å². The molecule has 0 aliphatic rings. The van der Waals surface area contributed by atoms with Gasteiger partial charge in [-0.05, 0) is 32.4 Å². The fourth-order valence-electron chi connectivity index (χ4n) is 1.78. The number of nitrogens with one attached hydrogen (secondary N) is 2. The molecule has 0 atom stereocenters. The zero-order valence-electron chi connectivity index (χ0n) is 13.3. The summed E-state index contributed by atoms with van der Waals surface area (Å²) in [6.45, 7) is 5.40. The zero-order valence-corrected chi connectivity index (χ0v) is 13.3. The average Bonchev–Trinajstić information content (AvgIpc) is 2.51. The number of methoxy groups -OCH3 is 1. The van der Waals surface area contributed by atoms with Gasteiger partial charge in [0.1, 0.15) is 0 Å². The van der Waals surface area contributed by atoms with E-state index in [0.29, 0.717) is 12.4 Å². The summed E-state index contributed by atoms with van der Waals surface area (Å²) in [5, 5.41) is 6.47. The van der Waals surface area contributed by atoms with E-state index in [1.807, 2.05) is 38.1 Å². The molecule has 0 aliphatic heterocycles. The number of nitrogens with zero attached hydrogens (tertiary/aromatic N) is 1. The van der Waals surface area contributed by atoms with Gasteiger partial charge in [-0.3, -0.25) is 4.99 Å². The molecule has 2 N–H and O–H groups in total. The van der Waals surface area contributed by atoms with Crippen LogP contribution in [0.25, 0.3) is 0 Å². The summed E-state index contributed by atoms with van der Waals surface area (Å²) in [7, 11) is 3.38. The van der Waals surface area contributed by atoms with Crippen LogP contribution in [0.15, 0.2) is 35.3 Å². The first-order chi connectivity index (χ1) is 10.2. The Bertz CT molecular complexity index is 484. The number of hydrogen-bond acceptors (Lipinski definition) is 3. The van der Waals surface area contributed by atoms with Crippen LogP contribution in [-0.4, -0.2) is 33.3 Å². The first-order valence-corrected chi connectivity index (χ1v) is 7.14. The number of rotatable bonds is 7. The van der Waals surface area contributed by atoms with Crippen molar-refractivity contribution in [3.63, 3.8) is 0 Å². The third kappa shape index (κ3) is 5.77. The second-order valence-corrected chi connectivity index (χ2v) is 4.28. The van der Waals surface area contributed by atoms with Crippen LogP contribution in [0.2, 0.25) is 0 Å². The van der Waals surface area contributed by atoms with Crippen molar-refractivity contribution in [2.75, 3.05) is 32.6 Å². The van der Waals surface area contributed by atoms with E-state index in [4.69, 9.17) is 9.47 Å². The van der Waals surface area contributed by atoms with Gasteiger partial charge >= 0.3 is 0 Å². The van der Waals surface area contributed by atoms with Gasteiger partial charge in [0.05, 0.1) is 13.7 Å². The highest BCUT2D eigenvalue weighted by atomic mass is 16.5. The molecule has 0 bridgehead atoms. The minimum absolute atomic E-state index is 0.608. The average molecular weight is 291 g/mol. The predicted octanol–water partition coefficient (Wildman–Crippen LogP) is 3.05. The molecule has 0 heterocycles. The minimum Gasteiger partial charge on any atom is -0.493 e. The monoisotopic (exact) mass is 291 g/mol. The van der Waals surface area contributed by atoms with E-state index >= 15 is 0 Å². The molecule has 0 fully saturated rings. The Balaban J connectivity index is 2.67. The van der Waals surface area contributed by atoms with Gasteiger partial charge in [-0.25, -0.2) is 0 Å². The van der Waals surface area contributed by atoms with E-state index in [9.17, 15) is 0 Å². The first kappa shape index (κ1) is 16.9. The van der Waals surface area contributed by atoms with E-state index < -0.39 is 0 Å². The summed E-state index contributed by atoms with van der Waals surface area (Å²) in [5.41, 5.74) is 0.898. The number of benzene rings is 1. The van der Waals surface area contributed by atoms with Crippen molar-refractivity contribution < 1.29 is 9.47 Å². The fraction of sp³-hybridized carbons (Fsp3) is 0.438. The van der Waals surface area contributed by atoms with Crippen molar-refractivity contribution in [1.82, 2.24) is 5.32 Å². The Labute approximate surface area is 127 Å². The summed E-state index contributed by atoms with van der Waals surface area (Å²) in [5.74, 6) is 2.17. The molecular weight excluding hydrogens is 266 g/mol. The number of anilines is 1. The van der Waals surface area contributed by atoms with Gasteiger partial charge in [0.25, 0.3) is 0 Å². The molecule has 0 spiro atoms. The molecule has 5 heteroatoms. The molecule has 0 unspecified atom stereocenters. The van der Waals surface area contributed by atoms with Crippen LogP contribution < -0.4 is 20.1 Å². The predicted molar refractivity (Wildman–Crippen MR) is 88.6 cm³/mol. The smallest absolute Gasteiger partial charge is 0.195 e. The molecule has 0 saturated carbocycles. The number of aliphatic imine (C=N–C) groups is 1. The molecule has 1 aromatic rings. The SMILES string of the molecule is C/C=C/CCNC(=NC)Nc1ccc(OCC)c(OC)c1. The first-order valence-electron chi connectivity index (χ1n) is 7.14. The Kier molecular flexibility index (Phi) is 7.79. The molecule has 0 amide bonds. The number of allylic oxidation sites excluding steroid dienone is 1. The molecule has 116 valence electrons. The lowest BCUT2D eigenvalue weighted by atomic mass is 10.2. The summed E-state index contributed by atoms with van der Waals surface area (Å²) >= 11 is 0. The van der Waals surface area contributed by atoms with E-state index in [2.05, 4.69) is 21.7 Å². The molecule has 0 saturated heterocycles. The molecule has 0 radical (unpaired) electrons. The lowest BCUT2D eigenvalue weighted by Gasteiger charge is -2.14. The van der Waals surface area contributed by atoms with E-state index in [1.165, 1.54) is 0 Å². The van der Waals surface area contributed by atoms with Gasteiger partial charge in [-0.2, -0.15) is 0 Å². The molecule has 0 aromatic heterocycles. The summed E-state index contributed by atoms with van der Waals surface area (Å²) in [4.78, 5) is 4.19. The summed E-state index contributed by atoms with van der Waals surface area (Å²) in [6.07, 6.45) is 5.11. The highest BCUT2D eigenvalue weighted by molar-refractivity contribution is 5.93. The Morgan fingerprint density at radius 2 is 2.14 bits per heavy atom. The standard InChI is InChI=1S/C16H25N3O2/c1-5-7-8-11-18-16(17-3)19-13-9-10-14(21-6-2)15(12-13)20-4/h5,7,9-10,12H,6,8,11H2,1-4H3,(H2,17,18,19)/b7-5+. The van der Waals surface area contributed by atoms with Gasteiger partial charge in [-0.1, -0.05) is 12.2 Å². The molecule has 1 aromatic carbocycles. The summed E-state index contributed by atoms with van der Waals surface area (Å²) in [6, 6.07) is 5.72. The van der Waals surface area contributed by atoms with Crippen molar-refractivity contribution in [1.29, 1.82) is 0 Å². The van der Waals surface area contributed by atoms with E-state index in [1.54, 1.807) is 14.2 Å². The lowest BCUT2D eigenvalue weighted by molar-refractivity contribution is 0.311. The summed E-state index contributed by atoms with van der Waals surface area (Å²) < 4.78 is 10.8. The highest BCUT2D eigenvalue weighted by Crippen LogP contribution is 2.30. The molecule has 1 rings (SSSR count). The zero-order chi connectivity index (χ0) is 15.5. The molecule has 0 aliphatic carbocycles. The van der Waals surface area contributed by atoms with E-state index in [0.717, 1.165) is 30.4 Å². The van der Waals surface area contributed by atoms with Gasteiger partial charge in [-0.15, -0.1) is 0 Å². The van der Waals surface area contributed by atoms with Gasteiger partial charge in [0.2, 0.25) is 0 Å². The third-order valence-electron chi connectivity index (χ3n) is 2.79. The van der Waals surface area contributed by atoms with Crippen LogP contribution in [0.3, 0.4) is 0 Å². The fourth-order valence-corrected chi connectivity index (χ4v) is 1.78. The number of guanidine groups is 1. The van der Waals surface area contributed by atoms with Crippen molar-refractivity contribution in [3.05, 3.63) is 30.4 Å². The van der Waals surface area contributed by atoms with Crippen molar-refractivity contribution in [2.45, 2.75) is 20.3 Å². The van der Waals surface area contributed by atoms with Crippen LogP contribution in [0.1, 0.15) is 20.3 Å². The number of hydrogen-bond donors (Lipinski definition) is 2. The Morgan fingerprint density at radius 1 is 1.33 bits per heavy atom. The van der Waals surface area contributed by atoms with Crippen molar-refractivity contribution in [2.24, 2.45) is 4.99 Å². The second kappa shape index (κ2) is 9.69. The van der Waals surface area contributed by atoms with Crippen LogP contribution in [0.4, 0.5) is 5.69 Å². The minimum atomic E-state index is 0.608. The van der Waals surface area contributed by atoms with Crippen LogP contribution >= 0.6 is 0 Å². The number of ether oxygens (including phenoxy) is 2. The van der Waals surface area contributed by atoms with Crippen LogP contribution in [0.5, 0.6) is 11.5 Å². The second-order valence-electron chi connectivity index (χ2n) is 4.28. The maximum Gasteiger partial charge on any atom is 0.195 e. The van der Waals surface area contributed by atoms with Gasteiger partial charge < -0.3 is 20.1 Å². The molecule has 21 heavy (non-hydrogen) atoms. The maximum absolute atomic E-state index is 5.50. The van der Waals surface area contributed by atoms with Gasteiger partial charge in [0.15, 0.2) is 17.5 Å². The Morgan fingerprint density at radius 3 is 2.76 bits per heavy atom. The molecule has 5 nitrogen and oxygen atoms in total. The lowest BCUT2D eigenvalue weighted by Crippen LogP contribution is -2.31. The quantitative estimate of drug-likeness (QED) is 0.351. The van der Waals surface area contributed by atoms with Crippen LogP contribution in [0, 0.1) is 0 Å². The third-order valence-corrected chi connectivity index (χ3v) is 2.79. The largest absolute Gasteiger partial charge is 0.493 e. The molecular formula is C16H25N3O2. The van der Waals surface area contributed by atoms with Crippen LogP contribution in [-0.2, 0) is 0 Å². The normalized spacial score (nSPS) is 11.5. The topological polar surface area (TPSA) is 54.9 Å². The van der Waals surface area contributed by atoms with E-state index in [-0.39, 0.29) is 0 Å². The van der Waals surface area contributed by atoms with Crippen molar-refractivity contribution >= 4 is 11.6 Å². The maximum atomic E-state index is 5.50.